The van der Waals surface area contributed by atoms with Gasteiger partial charge in [-0.3, -0.25) is 9.67 Å². The largest absolute Gasteiger partial charge is 0.444 e. The molecule has 0 aromatic carbocycles. The van der Waals surface area contributed by atoms with Crippen LogP contribution in [0.2, 0.25) is 0 Å². The second-order valence-electron chi connectivity index (χ2n) is 6.07. The summed E-state index contributed by atoms with van der Waals surface area (Å²) in [6.07, 6.45) is 7.93. The van der Waals surface area contributed by atoms with E-state index in [9.17, 15) is 4.79 Å². The van der Waals surface area contributed by atoms with Crippen LogP contribution in [0.5, 0.6) is 0 Å². The summed E-state index contributed by atoms with van der Waals surface area (Å²) in [7, 11) is 0. The number of carbonyl (C=O) groups is 1. The minimum Gasteiger partial charge on any atom is -0.444 e. The lowest BCUT2D eigenvalue weighted by atomic mass is 10.1. The van der Waals surface area contributed by atoms with Crippen LogP contribution in [-0.4, -0.2) is 33.0 Å². The van der Waals surface area contributed by atoms with E-state index < -0.39 is 11.7 Å². The molecule has 120 valence electrons. The molecule has 2 rings (SSSR count). The Bertz CT molecular complexity index is 649. The number of allylic oxidation sites excluding steroid dienone is 4. The second kappa shape index (κ2) is 6.91. The summed E-state index contributed by atoms with van der Waals surface area (Å²) < 4.78 is 7.63. The normalized spacial score (nSPS) is 14.6. The molecule has 7 heteroatoms. The molecule has 1 aromatic rings. The van der Waals surface area contributed by atoms with Crippen LogP contribution in [0.25, 0.3) is 5.57 Å². The zero-order chi connectivity index (χ0) is 16.2. The van der Waals surface area contributed by atoms with Gasteiger partial charge in [-0.05, 0) is 45.8 Å². The van der Waals surface area contributed by atoms with E-state index in [1.807, 2.05) is 31.4 Å². The lowest BCUT2D eigenvalue weighted by Gasteiger charge is -2.19. The number of rotatable bonds is 4. The summed E-state index contributed by atoms with van der Waals surface area (Å²) in [6, 6.07) is 0. The van der Waals surface area contributed by atoms with Crippen LogP contribution in [-0.2, 0) is 11.3 Å². The molecule has 0 fully saturated rings. The fraction of sp³-hybridized carbons (Fsp3) is 0.533. The van der Waals surface area contributed by atoms with Crippen LogP contribution in [0, 0.1) is 4.77 Å². The van der Waals surface area contributed by atoms with E-state index in [1.54, 1.807) is 0 Å². The van der Waals surface area contributed by atoms with Crippen molar-refractivity contribution >= 4 is 23.9 Å². The second-order valence-corrected chi connectivity index (χ2v) is 6.46. The highest BCUT2D eigenvalue weighted by molar-refractivity contribution is 7.71. The van der Waals surface area contributed by atoms with Crippen LogP contribution in [0.4, 0.5) is 4.79 Å². The molecule has 6 nitrogen and oxygen atoms in total. The van der Waals surface area contributed by atoms with Crippen molar-refractivity contribution in [3.63, 3.8) is 0 Å². The van der Waals surface area contributed by atoms with Gasteiger partial charge >= 0.3 is 6.09 Å². The maximum absolute atomic E-state index is 11.6. The smallest absolute Gasteiger partial charge is 0.407 e. The molecule has 0 bridgehead atoms. The highest BCUT2D eigenvalue weighted by atomic mass is 32.1. The molecule has 1 aromatic heterocycles. The zero-order valence-corrected chi connectivity index (χ0v) is 14.0. The van der Waals surface area contributed by atoms with Crippen molar-refractivity contribution in [2.45, 2.75) is 45.8 Å². The average molecular weight is 322 g/mol. The Morgan fingerprint density at radius 2 is 2.27 bits per heavy atom. The number of hydrogen-bond donors (Lipinski definition) is 2. The van der Waals surface area contributed by atoms with E-state index in [1.165, 1.54) is 0 Å². The van der Waals surface area contributed by atoms with Gasteiger partial charge in [-0.15, -0.1) is 0 Å². The van der Waals surface area contributed by atoms with Gasteiger partial charge in [-0.1, -0.05) is 18.2 Å². The third-order valence-corrected chi connectivity index (χ3v) is 3.33. The summed E-state index contributed by atoms with van der Waals surface area (Å²) in [5.74, 6) is 0.798. The lowest BCUT2D eigenvalue weighted by Crippen LogP contribution is -2.34. The van der Waals surface area contributed by atoms with Crippen LogP contribution in [0.3, 0.4) is 0 Å². The Morgan fingerprint density at radius 3 is 2.91 bits per heavy atom. The summed E-state index contributed by atoms with van der Waals surface area (Å²) in [4.78, 5) is 11.6. The van der Waals surface area contributed by atoms with Gasteiger partial charge in [0.25, 0.3) is 0 Å². The summed E-state index contributed by atoms with van der Waals surface area (Å²) >= 11 is 5.26. The van der Waals surface area contributed by atoms with Crippen molar-refractivity contribution < 1.29 is 9.53 Å². The molecule has 1 aliphatic carbocycles. The van der Waals surface area contributed by atoms with E-state index in [0.29, 0.717) is 17.9 Å². The number of aromatic amines is 1. The molecular weight excluding hydrogens is 300 g/mol. The zero-order valence-electron chi connectivity index (χ0n) is 13.2. The Morgan fingerprint density at radius 1 is 1.50 bits per heavy atom. The topological polar surface area (TPSA) is 71.9 Å². The quantitative estimate of drug-likeness (QED) is 0.835. The molecule has 0 saturated carbocycles. The minimum atomic E-state index is -0.501. The van der Waals surface area contributed by atoms with E-state index in [2.05, 4.69) is 27.7 Å². The molecule has 0 radical (unpaired) electrons. The highest BCUT2D eigenvalue weighted by Crippen LogP contribution is 2.19. The monoisotopic (exact) mass is 322 g/mol. The van der Waals surface area contributed by atoms with Crippen molar-refractivity contribution in [1.82, 2.24) is 20.1 Å². The lowest BCUT2D eigenvalue weighted by molar-refractivity contribution is 0.0526. The van der Waals surface area contributed by atoms with E-state index in [4.69, 9.17) is 17.0 Å². The molecule has 0 saturated heterocycles. The molecule has 1 amide bonds. The van der Waals surface area contributed by atoms with Gasteiger partial charge in [0.05, 0.1) is 0 Å². The van der Waals surface area contributed by atoms with Crippen LogP contribution >= 0.6 is 12.2 Å². The number of nitrogens with zero attached hydrogens (tertiary/aromatic N) is 2. The Hall–Kier alpha value is -1.89. The number of hydrogen-bond acceptors (Lipinski definition) is 4. The molecule has 22 heavy (non-hydrogen) atoms. The fourth-order valence-electron chi connectivity index (χ4n) is 2.11. The standard InChI is InChI=1S/C15H22N4O2S/c1-15(2,3)21-14(20)16-9-10-19-12(17-18-13(19)22)11-7-5-4-6-8-11/h5,7-8H,4,6,9-10H2,1-3H3,(H,16,20)(H,18,22). The van der Waals surface area contributed by atoms with Gasteiger partial charge < -0.3 is 10.1 Å². The first-order chi connectivity index (χ1) is 10.4. The van der Waals surface area contributed by atoms with Crippen LogP contribution in [0.1, 0.15) is 39.4 Å². The van der Waals surface area contributed by atoms with Gasteiger partial charge in [0.1, 0.15) is 5.60 Å². The van der Waals surface area contributed by atoms with Gasteiger partial charge in [0.15, 0.2) is 10.6 Å². The molecule has 0 atom stereocenters. The molecular formula is C15H22N4O2S. The molecule has 0 aliphatic heterocycles. The highest BCUT2D eigenvalue weighted by Gasteiger charge is 2.16. The maximum atomic E-state index is 11.6. The number of alkyl carbamates (subject to hydrolysis) is 1. The predicted molar refractivity (Wildman–Crippen MR) is 88.0 cm³/mol. The minimum absolute atomic E-state index is 0.423. The molecule has 1 heterocycles. The Balaban J connectivity index is 1.98. The van der Waals surface area contributed by atoms with Gasteiger partial charge in [-0.2, -0.15) is 5.10 Å². The SMILES string of the molecule is CC(C)(C)OC(=O)NCCn1c(C2=CCCC=C2)n[nH]c1=S. The van der Waals surface area contributed by atoms with Gasteiger partial charge in [0, 0.05) is 18.7 Å². The van der Waals surface area contributed by atoms with E-state index in [-0.39, 0.29) is 0 Å². The third-order valence-electron chi connectivity index (χ3n) is 3.02. The number of carbonyl (C=O) groups excluding carboxylic acids is 1. The molecule has 0 spiro atoms. The third kappa shape index (κ3) is 4.56. The Kier molecular flexibility index (Phi) is 5.18. The van der Waals surface area contributed by atoms with Crippen LogP contribution in [0.15, 0.2) is 18.2 Å². The fourth-order valence-corrected chi connectivity index (χ4v) is 2.33. The summed E-state index contributed by atoms with van der Waals surface area (Å²) in [6.45, 7) is 6.46. The molecule has 2 N–H and O–H groups in total. The predicted octanol–water partition coefficient (Wildman–Crippen LogP) is 3.20. The first-order valence-electron chi connectivity index (χ1n) is 7.36. The maximum Gasteiger partial charge on any atom is 0.407 e. The van der Waals surface area contributed by atoms with Crippen LogP contribution < -0.4 is 5.32 Å². The summed E-state index contributed by atoms with van der Waals surface area (Å²) in [5, 5.41) is 9.81. The van der Waals surface area contributed by atoms with Gasteiger partial charge in [-0.25, -0.2) is 4.79 Å². The Labute approximate surface area is 135 Å². The van der Waals surface area contributed by atoms with E-state index >= 15 is 0 Å². The molecule has 1 aliphatic rings. The van der Waals surface area contributed by atoms with Crippen molar-refractivity contribution in [1.29, 1.82) is 0 Å². The first kappa shape index (κ1) is 16.5. The van der Waals surface area contributed by atoms with Crippen molar-refractivity contribution in [2.75, 3.05) is 6.54 Å². The number of nitrogens with one attached hydrogen (secondary N) is 2. The van der Waals surface area contributed by atoms with Crippen molar-refractivity contribution in [3.05, 3.63) is 28.8 Å². The first-order valence-corrected chi connectivity index (χ1v) is 7.77. The number of H-pyrrole nitrogens is 1. The number of amides is 1. The summed E-state index contributed by atoms with van der Waals surface area (Å²) in [5.41, 5.74) is 0.551. The van der Waals surface area contributed by atoms with Crippen molar-refractivity contribution in [3.8, 4) is 0 Å². The number of ether oxygens (including phenoxy) is 1. The van der Waals surface area contributed by atoms with Crippen molar-refractivity contribution in [2.24, 2.45) is 0 Å². The van der Waals surface area contributed by atoms with E-state index in [0.717, 1.165) is 24.2 Å². The van der Waals surface area contributed by atoms with Gasteiger partial charge in [0.2, 0.25) is 0 Å². The molecule has 0 unspecified atom stereocenters. The average Bonchev–Trinajstić information content (AvgIpc) is 2.79. The number of aromatic nitrogens is 3.